The third-order valence-corrected chi connectivity index (χ3v) is 8.29. The van der Waals surface area contributed by atoms with Crippen LogP contribution in [0.5, 0.6) is 0 Å². The van der Waals surface area contributed by atoms with Crippen molar-refractivity contribution < 1.29 is 13.6 Å². The van der Waals surface area contributed by atoms with Crippen LogP contribution in [0.3, 0.4) is 0 Å². The summed E-state index contributed by atoms with van der Waals surface area (Å²) in [6.45, 7) is 7.80. The normalized spacial score (nSPS) is 18.7. The number of likely N-dealkylation sites (tertiary alicyclic amines) is 1. The third kappa shape index (κ3) is 7.02. The monoisotopic (exact) mass is 578 g/mol. The number of amides is 1. The van der Waals surface area contributed by atoms with Gasteiger partial charge in [-0.3, -0.25) is 14.6 Å². The Morgan fingerprint density at radius 1 is 1.05 bits per heavy atom. The molecule has 3 aromatic rings. The third-order valence-electron chi connectivity index (χ3n) is 8.01. The van der Waals surface area contributed by atoms with Gasteiger partial charge in [-0.2, -0.15) is 5.26 Å². The van der Waals surface area contributed by atoms with Crippen LogP contribution < -0.4 is 10.2 Å². The second-order valence-electron chi connectivity index (χ2n) is 10.8. The average Bonchev–Trinajstić information content (AvgIpc) is 2.98. The molecule has 0 saturated carbocycles. The summed E-state index contributed by atoms with van der Waals surface area (Å²) in [5.74, 6) is -1.61. The van der Waals surface area contributed by atoms with E-state index in [1.54, 1.807) is 6.07 Å². The van der Waals surface area contributed by atoms with Gasteiger partial charge in [-0.1, -0.05) is 29.8 Å². The van der Waals surface area contributed by atoms with Crippen LogP contribution in [-0.4, -0.2) is 65.5 Å². The summed E-state index contributed by atoms with van der Waals surface area (Å²) < 4.78 is 26.6. The number of carbonyl (C=O) groups is 1. The predicted octanol–water partition coefficient (Wildman–Crippen LogP) is 4.99. The number of piperazine rings is 1. The smallest absolute Gasteiger partial charge is 0.253 e. The lowest BCUT2D eigenvalue weighted by molar-refractivity contribution is 0.0690. The zero-order valence-electron chi connectivity index (χ0n) is 23.0. The van der Waals surface area contributed by atoms with Crippen LogP contribution in [0.2, 0.25) is 5.02 Å². The number of benzene rings is 2. The van der Waals surface area contributed by atoms with E-state index in [4.69, 9.17) is 16.9 Å². The van der Waals surface area contributed by atoms with E-state index in [1.807, 2.05) is 24.3 Å². The first-order chi connectivity index (χ1) is 19.8. The Balaban J connectivity index is 1.11. The Labute approximate surface area is 244 Å². The van der Waals surface area contributed by atoms with Crippen molar-refractivity contribution in [1.29, 1.82) is 5.26 Å². The van der Waals surface area contributed by atoms with Gasteiger partial charge in [-0.05, 0) is 74.3 Å². The molecule has 2 saturated heterocycles. The van der Waals surface area contributed by atoms with Crippen molar-refractivity contribution in [2.75, 3.05) is 37.6 Å². The predicted molar refractivity (Wildman–Crippen MR) is 155 cm³/mol. The van der Waals surface area contributed by atoms with Crippen molar-refractivity contribution >= 4 is 23.3 Å². The lowest BCUT2D eigenvalue weighted by Crippen LogP contribution is -2.57. The Morgan fingerprint density at radius 3 is 2.44 bits per heavy atom. The molecule has 0 unspecified atom stereocenters. The fourth-order valence-corrected chi connectivity index (χ4v) is 6.07. The van der Waals surface area contributed by atoms with Gasteiger partial charge in [-0.15, -0.1) is 0 Å². The van der Waals surface area contributed by atoms with E-state index in [1.165, 1.54) is 17.8 Å². The summed E-state index contributed by atoms with van der Waals surface area (Å²) in [4.78, 5) is 24.4. The van der Waals surface area contributed by atoms with Crippen LogP contribution >= 0.6 is 11.6 Å². The first kappa shape index (κ1) is 28.9. The van der Waals surface area contributed by atoms with Crippen LogP contribution in [0.4, 0.5) is 14.6 Å². The minimum absolute atomic E-state index is 0.0588. The van der Waals surface area contributed by atoms with E-state index >= 15 is 0 Å². The summed E-state index contributed by atoms with van der Waals surface area (Å²) in [6, 6.07) is 16.0. The van der Waals surface area contributed by atoms with Crippen molar-refractivity contribution in [2.45, 2.75) is 44.9 Å². The highest BCUT2D eigenvalue weighted by molar-refractivity contribution is 6.33. The Hall–Kier alpha value is -3.58. The van der Waals surface area contributed by atoms with Gasteiger partial charge in [0, 0.05) is 51.0 Å². The van der Waals surface area contributed by atoms with Gasteiger partial charge in [0.25, 0.3) is 5.91 Å². The molecular formula is C31H33ClF2N6O. The maximum Gasteiger partial charge on any atom is 0.253 e. The number of rotatable bonds is 7. The second-order valence-corrected chi connectivity index (χ2v) is 11.2. The fourth-order valence-electron chi connectivity index (χ4n) is 5.78. The molecule has 0 bridgehead atoms. The van der Waals surface area contributed by atoms with E-state index in [2.05, 4.69) is 38.0 Å². The van der Waals surface area contributed by atoms with Crippen LogP contribution in [0.25, 0.3) is 0 Å². The van der Waals surface area contributed by atoms with Crippen LogP contribution in [0, 0.1) is 23.0 Å². The van der Waals surface area contributed by atoms with E-state index in [0.717, 1.165) is 64.2 Å². The van der Waals surface area contributed by atoms with Crippen molar-refractivity contribution in [3.05, 3.63) is 93.6 Å². The molecule has 41 heavy (non-hydrogen) atoms. The quantitative estimate of drug-likeness (QED) is 0.426. The van der Waals surface area contributed by atoms with Gasteiger partial charge in [0.2, 0.25) is 0 Å². The molecule has 2 aromatic carbocycles. The number of hydrogen-bond donors (Lipinski definition) is 1. The number of nitriles is 1. The molecule has 1 atom stereocenters. The maximum absolute atomic E-state index is 13.4. The summed E-state index contributed by atoms with van der Waals surface area (Å²) in [6.07, 6.45) is 3.74. The van der Waals surface area contributed by atoms with E-state index in [0.29, 0.717) is 39.6 Å². The maximum atomic E-state index is 13.4. The molecule has 2 fully saturated rings. The van der Waals surface area contributed by atoms with Crippen LogP contribution in [0.15, 0.2) is 54.7 Å². The largest absolute Gasteiger partial charge is 0.353 e. The second kappa shape index (κ2) is 12.9. The first-order valence-corrected chi connectivity index (χ1v) is 14.3. The molecular weight excluding hydrogens is 546 g/mol. The van der Waals surface area contributed by atoms with Gasteiger partial charge in [0.1, 0.15) is 5.82 Å². The minimum Gasteiger partial charge on any atom is -0.353 e. The zero-order valence-corrected chi connectivity index (χ0v) is 23.7. The van der Waals surface area contributed by atoms with E-state index in [9.17, 15) is 13.6 Å². The van der Waals surface area contributed by atoms with Crippen molar-refractivity contribution in [1.82, 2.24) is 20.1 Å². The molecule has 1 amide bonds. The van der Waals surface area contributed by atoms with Crippen LogP contribution in [0.1, 0.15) is 46.8 Å². The highest BCUT2D eigenvalue weighted by atomic mass is 35.5. The van der Waals surface area contributed by atoms with Gasteiger partial charge in [0.15, 0.2) is 11.6 Å². The molecule has 2 aliphatic heterocycles. The molecule has 1 N–H and O–H groups in total. The van der Waals surface area contributed by atoms with E-state index < -0.39 is 11.6 Å². The number of halogens is 3. The van der Waals surface area contributed by atoms with Gasteiger partial charge in [0.05, 0.1) is 22.2 Å². The van der Waals surface area contributed by atoms with Crippen molar-refractivity contribution in [3.63, 3.8) is 0 Å². The van der Waals surface area contributed by atoms with Gasteiger partial charge in [-0.25, -0.2) is 13.8 Å². The lowest BCUT2D eigenvalue weighted by Gasteiger charge is -2.47. The number of anilines is 1. The number of aromatic nitrogens is 1. The molecule has 5 rings (SSSR count). The first-order valence-electron chi connectivity index (χ1n) is 13.9. The number of hydrogen-bond acceptors (Lipinski definition) is 6. The zero-order chi connectivity index (χ0) is 28.9. The fraction of sp³-hybridized carbons (Fsp3) is 0.387. The highest BCUT2D eigenvalue weighted by Crippen LogP contribution is 2.29. The molecule has 10 heteroatoms. The lowest BCUT2D eigenvalue weighted by atomic mass is 9.99. The Bertz CT molecular complexity index is 1420. The molecule has 7 nitrogen and oxygen atoms in total. The number of pyridine rings is 1. The topological polar surface area (TPSA) is 75.5 Å². The molecule has 0 spiro atoms. The summed E-state index contributed by atoms with van der Waals surface area (Å²) in [7, 11) is 0. The van der Waals surface area contributed by atoms with E-state index in [-0.39, 0.29) is 12.5 Å². The van der Waals surface area contributed by atoms with Gasteiger partial charge >= 0.3 is 0 Å². The molecule has 214 valence electrons. The molecule has 0 aliphatic carbocycles. The Kier molecular flexibility index (Phi) is 9.13. The highest BCUT2D eigenvalue weighted by Gasteiger charge is 2.32. The summed E-state index contributed by atoms with van der Waals surface area (Å²) in [5.41, 5.74) is 2.69. The molecule has 2 aliphatic rings. The Morgan fingerprint density at radius 2 is 1.78 bits per heavy atom. The van der Waals surface area contributed by atoms with Gasteiger partial charge < -0.3 is 10.2 Å². The number of piperidine rings is 1. The number of carbonyl (C=O) groups excluding carboxylic acids is 1. The molecule has 3 heterocycles. The average molecular weight is 579 g/mol. The van der Waals surface area contributed by atoms with Crippen LogP contribution in [-0.2, 0) is 13.1 Å². The SMILES string of the molecule is C[C@@H]1CN(c2ncc(C(=O)NCc3ccc(F)c(F)c3)cc2Cl)CCN1C1CCN(Cc2ccc(C#N)cc2)CC1. The summed E-state index contributed by atoms with van der Waals surface area (Å²) in [5, 5.41) is 12.1. The standard InChI is InChI=1S/C31H33ClF2N6O/c1-21-19-39(12-13-40(21)26-8-10-38(11-9-26)20-23-4-2-22(16-35)3-5-23)30-27(32)15-25(18-36-30)31(41)37-17-24-6-7-28(33)29(34)14-24/h2-7,14-15,18,21,26H,8-13,17,19-20H2,1H3,(H,37,41)/t21-/m1/s1. The molecule has 0 radical (unpaired) electrons. The minimum atomic E-state index is -0.953. The summed E-state index contributed by atoms with van der Waals surface area (Å²) >= 11 is 6.58. The number of nitrogens with zero attached hydrogens (tertiary/aromatic N) is 5. The number of nitrogens with one attached hydrogen (secondary N) is 1. The van der Waals surface area contributed by atoms with Crippen molar-refractivity contribution in [3.8, 4) is 6.07 Å². The molecule has 1 aromatic heterocycles. The van der Waals surface area contributed by atoms with Crippen molar-refractivity contribution in [2.24, 2.45) is 0 Å².